The van der Waals surface area contributed by atoms with Crippen LogP contribution in [0.2, 0.25) is 0 Å². The van der Waals surface area contributed by atoms with Crippen molar-refractivity contribution < 1.29 is 4.74 Å². The lowest BCUT2D eigenvalue weighted by atomic mass is 9.94. The number of para-hydroxylation sites is 1. The van der Waals surface area contributed by atoms with Crippen LogP contribution in [-0.2, 0) is 12.8 Å². The average Bonchev–Trinajstić information content (AvgIpc) is 2.90. The highest BCUT2D eigenvalue weighted by atomic mass is 32.1. The summed E-state index contributed by atoms with van der Waals surface area (Å²) < 4.78 is 5.47. The second-order valence-electron chi connectivity index (χ2n) is 5.25. The number of nitrogens with zero attached hydrogens (tertiary/aromatic N) is 1. The summed E-state index contributed by atoms with van der Waals surface area (Å²) in [7, 11) is 1.74. The maximum absolute atomic E-state index is 5.47. The summed E-state index contributed by atoms with van der Waals surface area (Å²) in [6.45, 7) is 6.21. The Balaban J connectivity index is 2.08. The lowest BCUT2D eigenvalue weighted by molar-refractivity contribution is 0.400. The minimum Gasteiger partial charge on any atom is -0.496 e. The van der Waals surface area contributed by atoms with Crippen molar-refractivity contribution in [3.8, 4) is 5.75 Å². The largest absolute Gasteiger partial charge is 0.496 e. The third-order valence-electron chi connectivity index (χ3n) is 3.55. The van der Waals surface area contributed by atoms with E-state index in [0.29, 0.717) is 5.92 Å². The van der Waals surface area contributed by atoms with Crippen molar-refractivity contribution in [2.75, 3.05) is 20.2 Å². The number of benzene rings is 1. The van der Waals surface area contributed by atoms with Crippen LogP contribution in [0.3, 0.4) is 0 Å². The van der Waals surface area contributed by atoms with Crippen molar-refractivity contribution in [2.24, 2.45) is 5.92 Å². The Labute approximate surface area is 131 Å². The summed E-state index contributed by atoms with van der Waals surface area (Å²) in [6.07, 6.45) is 2.02. The van der Waals surface area contributed by atoms with Crippen molar-refractivity contribution in [1.29, 1.82) is 0 Å². The molecular formula is C17H24N2OS. The van der Waals surface area contributed by atoms with Crippen LogP contribution in [0.15, 0.2) is 29.6 Å². The molecule has 0 amide bonds. The Kier molecular flexibility index (Phi) is 6.21. The van der Waals surface area contributed by atoms with Crippen LogP contribution in [0.4, 0.5) is 0 Å². The van der Waals surface area contributed by atoms with Gasteiger partial charge in [0.15, 0.2) is 0 Å². The zero-order valence-electron chi connectivity index (χ0n) is 13.1. The second-order valence-corrected chi connectivity index (χ2v) is 6.31. The first-order valence-corrected chi connectivity index (χ1v) is 8.34. The standard InChI is InChI=1S/C17H24N2OS/c1-4-18-11-14(10-16-12-21-13(2)19-16)9-15-7-5-6-8-17(15)20-3/h5-8,12,14,18H,4,9-11H2,1-3H3. The first kappa shape index (κ1) is 16.0. The first-order chi connectivity index (χ1) is 10.2. The van der Waals surface area contributed by atoms with Crippen molar-refractivity contribution >= 4 is 11.3 Å². The molecule has 1 atom stereocenters. The molecule has 1 N–H and O–H groups in total. The van der Waals surface area contributed by atoms with Crippen LogP contribution in [0.5, 0.6) is 5.75 Å². The highest BCUT2D eigenvalue weighted by molar-refractivity contribution is 7.09. The number of hydrogen-bond donors (Lipinski definition) is 1. The average molecular weight is 304 g/mol. The van der Waals surface area contributed by atoms with Crippen LogP contribution in [-0.4, -0.2) is 25.2 Å². The number of aromatic nitrogens is 1. The van der Waals surface area contributed by atoms with Gasteiger partial charge in [-0.1, -0.05) is 25.1 Å². The number of methoxy groups -OCH3 is 1. The lowest BCUT2D eigenvalue weighted by Gasteiger charge is -2.18. The molecule has 1 unspecified atom stereocenters. The van der Waals surface area contributed by atoms with Crippen LogP contribution >= 0.6 is 11.3 Å². The molecule has 0 aliphatic carbocycles. The van der Waals surface area contributed by atoms with Gasteiger partial charge in [-0.3, -0.25) is 0 Å². The summed E-state index contributed by atoms with van der Waals surface area (Å²) in [5.74, 6) is 1.51. The van der Waals surface area contributed by atoms with Crippen LogP contribution < -0.4 is 10.1 Å². The van der Waals surface area contributed by atoms with Crippen molar-refractivity contribution in [3.63, 3.8) is 0 Å². The zero-order chi connectivity index (χ0) is 15.1. The molecule has 3 nitrogen and oxygen atoms in total. The quantitative estimate of drug-likeness (QED) is 0.811. The van der Waals surface area contributed by atoms with Gasteiger partial charge in [-0.15, -0.1) is 11.3 Å². The second kappa shape index (κ2) is 8.15. The highest BCUT2D eigenvalue weighted by Crippen LogP contribution is 2.23. The molecule has 2 rings (SSSR count). The van der Waals surface area contributed by atoms with E-state index >= 15 is 0 Å². The van der Waals surface area contributed by atoms with Crippen LogP contribution in [0.25, 0.3) is 0 Å². The molecule has 0 fully saturated rings. The van der Waals surface area contributed by atoms with E-state index in [-0.39, 0.29) is 0 Å². The van der Waals surface area contributed by atoms with Crippen LogP contribution in [0, 0.1) is 12.8 Å². The fourth-order valence-electron chi connectivity index (χ4n) is 2.55. The molecule has 0 saturated carbocycles. The van der Waals surface area contributed by atoms with Crippen molar-refractivity contribution in [1.82, 2.24) is 10.3 Å². The molecule has 0 aliphatic rings. The third kappa shape index (κ3) is 4.83. The number of ether oxygens (including phenoxy) is 1. The molecule has 1 aromatic heterocycles. The van der Waals surface area contributed by atoms with E-state index in [1.165, 1.54) is 11.3 Å². The number of rotatable bonds is 8. The zero-order valence-corrected chi connectivity index (χ0v) is 13.9. The smallest absolute Gasteiger partial charge is 0.122 e. The summed E-state index contributed by atoms with van der Waals surface area (Å²) in [4.78, 5) is 4.60. The molecule has 0 bridgehead atoms. The van der Waals surface area contributed by atoms with Gasteiger partial charge < -0.3 is 10.1 Å². The lowest BCUT2D eigenvalue weighted by Crippen LogP contribution is -2.26. The van der Waals surface area contributed by atoms with Gasteiger partial charge in [-0.2, -0.15) is 0 Å². The molecule has 1 aromatic carbocycles. The van der Waals surface area contributed by atoms with E-state index in [0.717, 1.165) is 36.7 Å². The fourth-order valence-corrected chi connectivity index (χ4v) is 3.17. The number of nitrogens with one attached hydrogen (secondary N) is 1. The summed E-state index contributed by atoms with van der Waals surface area (Å²) in [6, 6.07) is 8.29. The van der Waals surface area contributed by atoms with Gasteiger partial charge in [0.1, 0.15) is 5.75 Å². The molecule has 4 heteroatoms. The van der Waals surface area contributed by atoms with Crippen molar-refractivity contribution in [2.45, 2.75) is 26.7 Å². The van der Waals surface area contributed by atoms with Gasteiger partial charge >= 0.3 is 0 Å². The Hall–Kier alpha value is -1.39. The molecular weight excluding hydrogens is 280 g/mol. The number of aryl methyl sites for hydroxylation is 1. The van der Waals surface area contributed by atoms with Crippen LogP contribution in [0.1, 0.15) is 23.2 Å². The minimum absolute atomic E-state index is 0.530. The SMILES string of the molecule is CCNCC(Cc1csc(C)n1)Cc1ccccc1OC. The maximum Gasteiger partial charge on any atom is 0.122 e. The number of thiazole rings is 1. The topological polar surface area (TPSA) is 34.2 Å². The summed E-state index contributed by atoms with van der Waals surface area (Å²) in [5.41, 5.74) is 2.48. The van der Waals surface area contributed by atoms with Gasteiger partial charge in [0.25, 0.3) is 0 Å². The van der Waals surface area contributed by atoms with Crippen molar-refractivity contribution in [3.05, 3.63) is 45.9 Å². The minimum atomic E-state index is 0.530. The third-order valence-corrected chi connectivity index (χ3v) is 4.37. The Morgan fingerprint density at radius 3 is 2.76 bits per heavy atom. The molecule has 1 heterocycles. The molecule has 114 valence electrons. The molecule has 0 radical (unpaired) electrons. The van der Waals surface area contributed by atoms with E-state index in [1.54, 1.807) is 18.4 Å². The predicted molar refractivity (Wildman–Crippen MR) is 89.3 cm³/mol. The Bertz CT molecular complexity index is 553. The normalized spacial score (nSPS) is 12.3. The Morgan fingerprint density at radius 2 is 2.10 bits per heavy atom. The van der Waals surface area contributed by atoms with E-state index < -0.39 is 0 Å². The number of hydrogen-bond acceptors (Lipinski definition) is 4. The summed E-state index contributed by atoms with van der Waals surface area (Å²) >= 11 is 1.73. The van der Waals surface area contributed by atoms with Gasteiger partial charge in [-0.25, -0.2) is 4.98 Å². The molecule has 21 heavy (non-hydrogen) atoms. The highest BCUT2D eigenvalue weighted by Gasteiger charge is 2.14. The molecule has 2 aromatic rings. The van der Waals surface area contributed by atoms with Gasteiger partial charge in [0, 0.05) is 5.38 Å². The monoisotopic (exact) mass is 304 g/mol. The van der Waals surface area contributed by atoms with Gasteiger partial charge in [-0.05, 0) is 50.4 Å². The first-order valence-electron chi connectivity index (χ1n) is 7.46. The summed E-state index contributed by atoms with van der Waals surface area (Å²) in [5, 5.41) is 6.79. The fraction of sp³-hybridized carbons (Fsp3) is 0.471. The molecule has 0 aliphatic heterocycles. The van der Waals surface area contributed by atoms with Gasteiger partial charge in [0.05, 0.1) is 17.8 Å². The van der Waals surface area contributed by atoms with E-state index in [9.17, 15) is 0 Å². The van der Waals surface area contributed by atoms with E-state index in [4.69, 9.17) is 4.74 Å². The van der Waals surface area contributed by atoms with E-state index in [2.05, 4.69) is 41.7 Å². The maximum atomic E-state index is 5.47. The van der Waals surface area contributed by atoms with Gasteiger partial charge in [0.2, 0.25) is 0 Å². The molecule has 0 saturated heterocycles. The van der Waals surface area contributed by atoms with E-state index in [1.807, 2.05) is 12.1 Å². The Morgan fingerprint density at radius 1 is 1.29 bits per heavy atom. The molecule has 0 spiro atoms. The predicted octanol–water partition coefficient (Wildman–Crippen LogP) is 3.47.